The van der Waals surface area contributed by atoms with Crippen LogP contribution in [0.1, 0.15) is 24.9 Å². The zero-order valence-electron chi connectivity index (χ0n) is 11.4. The molecule has 1 atom stereocenters. The lowest BCUT2D eigenvalue weighted by molar-refractivity contribution is -0.127. The molecule has 1 aromatic carbocycles. The third-order valence-corrected chi connectivity index (χ3v) is 3.49. The van der Waals surface area contributed by atoms with Crippen LogP contribution >= 0.6 is 0 Å². The van der Waals surface area contributed by atoms with Gasteiger partial charge in [-0.05, 0) is 37.1 Å². The van der Waals surface area contributed by atoms with E-state index in [1.807, 2.05) is 18.9 Å². The van der Waals surface area contributed by atoms with Crippen molar-refractivity contribution >= 4 is 11.6 Å². The molecule has 1 amide bonds. The van der Waals surface area contributed by atoms with Crippen LogP contribution in [0.5, 0.6) is 0 Å². The molecule has 1 saturated heterocycles. The van der Waals surface area contributed by atoms with Gasteiger partial charge >= 0.3 is 0 Å². The molecule has 4 nitrogen and oxygen atoms in total. The second-order valence-electron chi connectivity index (χ2n) is 5.08. The van der Waals surface area contributed by atoms with Crippen molar-refractivity contribution < 1.29 is 9.18 Å². The average Bonchev–Trinajstić information content (AvgIpc) is 2.52. The summed E-state index contributed by atoms with van der Waals surface area (Å²) in [6.07, 6.45) is 0.901. The summed E-state index contributed by atoms with van der Waals surface area (Å²) >= 11 is 0. The molecule has 1 heterocycles. The van der Waals surface area contributed by atoms with Gasteiger partial charge in [0.15, 0.2) is 0 Å². The predicted molar refractivity (Wildman–Crippen MR) is 73.5 cm³/mol. The predicted octanol–water partition coefficient (Wildman–Crippen LogP) is 1.51. The van der Waals surface area contributed by atoms with Crippen LogP contribution in [0.25, 0.3) is 0 Å². The summed E-state index contributed by atoms with van der Waals surface area (Å²) in [5.41, 5.74) is 7.51. The highest BCUT2D eigenvalue weighted by Gasteiger charge is 2.22. The van der Waals surface area contributed by atoms with E-state index in [4.69, 9.17) is 5.73 Å². The van der Waals surface area contributed by atoms with Crippen LogP contribution in [0.15, 0.2) is 18.2 Å². The number of benzene rings is 1. The lowest BCUT2D eigenvalue weighted by Gasteiger charge is -2.26. The van der Waals surface area contributed by atoms with E-state index in [0.717, 1.165) is 30.8 Å². The molecule has 1 aliphatic rings. The van der Waals surface area contributed by atoms with E-state index in [1.54, 1.807) is 11.0 Å². The van der Waals surface area contributed by atoms with Gasteiger partial charge in [-0.1, -0.05) is 0 Å². The summed E-state index contributed by atoms with van der Waals surface area (Å²) in [5.74, 6) is -0.216. The first kappa shape index (κ1) is 13.8. The SMILES string of the molecule is CC(N)c1cc(F)ccc1N1CCCN(C)C(=O)C1. The number of hydrogen-bond donors (Lipinski definition) is 1. The number of carbonyl (C=O) groups is 1. The number of likely N-dealkylation sites (N-methyl/N-ethyl adjacent to an activating group) is 1. The van der Waals surface area contributed by atoms with Crippen LogP contribution in [-0.4, -0.2) is 37.5 Å². The van der Waals surface area contributed by atoms with Gasteiger partial charge in [0.2, 0.25) is 5.91 Å². The van der Waals surface area contributed by atoms with Crippen molar-refractivity contribution in [2.45, 2.75) is 19.4 Å². The molecule has 19 heavy (non-hydrogen) atoms. The van der Waals surface area contributed by atoms with Crippen LogP contribution in [0.3, 0.4) is 0 Å². The second-order valence-corrected chi connectivity index (χ2v) is 5.08. The molecule has 0 bridgehead atoms. The molecule has 0 aromatic heterocycles. The number of anilines is 1. The van der Waals surface area contributed by atoms with Crippen molar-refractivity contribution in [1.29, 1.82) is 0 Å². The molecule has 5 heteroatoms. The summed E-state index contributed by atoms with van der Waals surface area (Å²) < 4.78 is 13.3. The van der Waals surface area contributed by atoms with E-state index in [1.165, 1.54) is 12.1 Å². The van der Waals surface area contributed by atoms with Gasteiger partial charge in [-0.2, -0.15) is 0 Å². The minimum Gasteiger partial charge on any atom is -0.362 e. The number of nitrogens with zero attached hydrogens (tertiary/aromatic N) is 2. The van der Waals surface area contributed by atoms with Gasteiger partial charge in [0.25, 0.3) is 0 Å². The maximum Gasteiger partial charge on any atom is 0.241 e. The third kappa shape index (κ3) is 3.04. The first-order valence-electron chi connectivity index (χ1n) is 6.53. The van der Waals surface area contributed by atoms with Crippen molar-refractivity contribution in [2.24, 2.45) is 5.73 Å². The second kappa shape index (κ2) is 5.57. The summed E-state index contributed by atoms with van der Waals surface area (Å²) in [6, 6.07) is 4.33. The van der Waals surface area contributed by atoms with Crippen molar-refractivity contribution in [3.8, 4) is 0 Å². The molecule has 1 aliphatic heterocycles. The van der Waals surface area contributed by atoms with Gasteiger partial charge in [0.05, 0.1) is 6.54 Å². The molecule has 1 aromatic rings. The Morgan fingerprint density at radius 3 is 2.79 bits per heavy atom. The number of hydrogen-bond acceptors (Lipinski definition) is 3. The number of nitrogens with two attached hydrogens (primary N) is 1. The third-order valence-electron chi connectivity index (χ3n) is 3.49. The highest BCUT2D eigenvalue weighted by Crippen LogP contribution is 2.27. The zero-order chi connectivity index (χ0) is 14.0. The monoisotopic (exact) mass is 265 g/mol. The normalized spacial score (nSPS) is 18.4. The van der Waals surface area contributed by atoms with Gasteiger partial charge < -0.3 is 15.5 Å². The van der Waals surface area contributed by atoms with Crippen molar-refractivity contribution in [3.63, 3.8) is 0 Å². The summed E-state index contributed by atoms with van der Waals surface area (Å²) in [6.45, 7) is 3.68. The number of carbonyl (C=O) groups excluding carboxylic acids is 1. The Hall–Kier alpha value is -1.62. The zero-order valence-corrected chi connectivity index (χ0v) is 11.4. The largest absolute Gasteiger partial charge is 0.362 e. The van der Waals surface area contributed by atoms with Gasteiger partial charge in [0, 0.05) is 31.9 Å². The van der Waals surface area contributed by atoms with E-state index in [0.29, 0.717) is 6.54 Å². The van der Waals surface area contributed by atoms with Gasteiger partial charge in [-0.15, -0.1) is 0 Å². The molecule has 0 spiro atoms. The Kier molecular flexibility index (Phi) is 4.04. The molecular weight excluding hydrogens is 245 g/mol. The fourth-order valence-corrected chi connectivity index (χ4v) is 2.37. The van der Waals surface area contributed by atoms with E-state index >= 15 is 0 Å². The molecular formula is C14H20FN3O. The van der Waals surface area contributed by atoms with E-state index < -0.39 is 0 Å². The van der Waals surface area contributed by atoms with Crippen LogP contribution in [0, 0.1) is 5.82 Å². The maximum absolute atomic E-state index is 13.3. The fourth-order valence-electron chi connectivity index (χ4n) is 2.37. The Morgan fingerprint density at radius 2 is 2.11 bits per heavy atom. The van der Waals surface area contributed by atoms with Gasteiger partial charge in [0.1, 0.15) is 5.82 Å². The molecule has 1 unspecified atom stereocenters. The van der Waals surface area contributed by atoms with Crippen molar-refractivity contribution in [2.75, 3.05) is 31.6 Å². The highest BCUT2D eigenvalue weighted by atomic mass is 19.1. The van der Waals surface area contributed by atoms with E-state index in [-0.39, 0.29) is 17.8 Å². The Bertz CT molecular complexity index is 476. The summed E-state index contributed by atoms with van der Waals surface area (Å²) in [7, 11) is 1.81. The Balaban J connectivity index is 2.32. The molecule has 2 rings (SSSR count). The van der Waals surface area contributed by atoms with Gasteiger partial charge in [-0.25, -0.2) is 4.39 Å². The fraction of sp³-hybridized carbons (Fsp3) is 0.500. The minimum atomic E-state index is -0.297. The van der Waals surface area contributed by atoms with Crippen LogP contribution in [-0.2, 0) is 4.79 Å². The quantitative estimate of drug-likeness (QED) is 0.882. The van der Waals surface area contributed by atoms with Crippen LogP contribution in [0.4, 0.5) is 10.1 Å². The lowest BCUT2D eigenvalue weighted by Crippen LogP contribution is -2.35. The first-order valence-corrected chi connectivity index (χ1v) is 6.53. The topological polar surface area (TPSA) is 49.6 Å². The highest BCUT2D eigenvalue weighted by molar-refractivity contribution is 5.82. The smallest absolute Gasteiger partial charge is 0.241 e. The summed E-state index contributed by atoms with van der Waals surface area (Å²) in [5, 5.41) is 0. The number of rotatable bonds is 2. The van der Waals surface area contributed by atoms with Crippen LogP contribution < -0.4 is 10.6 Å². The standard InChI is InChI=1S/C14H20FN3O/c1-10(16)12-8-11(15)4-5-13(12)18-7-3-6-17(2)14(19)9-18/h4-5,8,10H,3,6-7,9,16H2,1-2H3. The molecule has 2 N–H and O–H groups in total. The van der Waals surface area contributed by atoms with Crippen LogP contribution in [0.2, 0.25) is 0 Å². The molecule has 0 aliphatic carbocycles. The molecule has 1 fully saturated rings. The first-order chi connectivity index (χ1) is 8.99. The lowest BCUT2D eigenvalue weighted by atomic mass is 10.1. The van der Waals surface area contributed by atoms with E-state index in [9.17, 15) is 9.18 Å². The van der Waals surface area contributed by atoms with E-state index in [2.05, 4.69) is 0 Å². The number of halogens is 1. The molecule has 104 valence electrons. The maximum atomic E-state index is 13.3. The minimum absolute atomic E-state index is 0.0810. The molecule has 0 radical (unpaired) electrons. The Morgan fingerprint density at radius 1 is 1.37 bits per heavy atom. The van der Waals surface area contributed by atoms with Crippen molar-refractivity contribution in [3.05, 3.63) is 29.6 Å². The van der Waals surface area contributed by atoms with Gasteiger partial charge in [-0.3, -0.25) is 4.79 Å². The Labute approximate surface area is 113 Å². The van der Waals surface area contributed by atoms with Crippen molar-refractivity contribution in [1.82, 2.24) is 4.90 Å². The molecule has 0 saturated carbocycles. The number of amides is 1. The average molecular weight is 265 g/mol. The summed E-state index contributed by atoms with van der Waals surface area (Å²) in [4.78, 5) is 15.6.